The van der Waals surface area contributed by atoms with E-state index < -0.39 is 0 Å². The summed E-state index contributed by atoms with van der Waals surface area (Å²) in [5.74, 6) is 1.69. The molecule has 0 saturated heterocycles. The van der Waals surface area contributed by atoms with Crippen LogP contribution in [-0.4, -0.2) is 6.54 Å². The van der Waals surface area contributed by atoms with Crippen LogP contribution in [0.5, 0.6) is 0 Å². The molecule has 1 aliphatic heterocycles. The predicted octanol–water partition coefficient (Wildman–Crippen LogP) is 2.77. The Balaban J connectivity index is 2.04. The smallest absolute Gasteiger partial charge is 0.0562 e. The molecule has 1 fully saturated rings. The first-order valence-electron chi connectivity index (χ1n) is 5.56. The maximum Gasteiger partial charge on any atom is 0.0562 e. The van der Waals surface area contributed by atoms with E-state index >= 15 is 0 Å². The Hall–Kier alpha value is -0.340. The van der Waals surface area contributed by atoms with Crippen molar-refractivity contribution in [1.82, 2.24) is 5.32 Å². The van der Waals surface area contributed by atoms with Crippen molar-refractivity contribution >= 4 is 11.3 Å². The van der Waals surface area contributed by atoms with Gasteiger partial charge in [0, 0.05) is 11.4 Å². The minimum Gasteiger partial charge on any atom is -0.306 e. The number of thiophene rings is 1. The zero-order valence-electron chi connectivity index (χ0n) is 8.84. The summed E-state index contributed by atoms with van der Waals surface area (Å²) in [6, 6.07) is 2.32. The van der Waals surface area contributed by atoms with Crippen LogP contribution in [-0.2, 0) is 12.0 Å². The standard InChI is InChI=1S/C12H17NS/c1-8-7-12(9(8)2)11-10(3-5-13-12)4-6-14-11/h4,6,8-9,13H,3,5,7H2,1-2H3. The minimum absolute atomic E-state index is 0.362. The second-order valence-electron chi connectivity index (χ2n) is 4.89. The maximum atomic E-state index is 3.76. The number of hydrogen-bond acceptors (Lipinski definition) is 2. The highest BCUT2D eigenvalue weighted by atomic mass is 32.1. The highest BCUT2D eigenvalue weighted by Gasteiger charge is 2.52. The van der Waals surface area contributed by atoms with E-state index in [-0.39, 0.29) is 0 Å². The van der Waals surface area contributed by atoms with Gasteiger partial charge < -0.3 is 5.32 Å². The molecule has 3 rings (SSSR count). The summed E-state index contributed by atoms with van der Waals surface area (Å²) < 4.78 is 0. The van der Waals surface area contributed by atoms with E-state index in [0.717, 1.165) is 11.8 Å². The van der Waals surface area contributed by atoms with Gasteiger partial charge in [-0.3, -0.25) is 0 Å². The van der Waals surface area contributed by atoms with E-state index in [1.807, 2.05) is 11.3 Å². The molecule has 0 amide bonds. The van der Waals surface area contributed by atoms with Crippen molar-refractivity contribution in [1.29, 1.82) is 0 Å². The Bertz CT molecular complexity index is 357. The van der Waals surface area contributed by atoms with Gasteiger partial charge in [-0.1, -0.05) is 13.8 Å². The van der Waals surface area contributed by atoms with Gasteiger partial charge in [-0.05, 0) is 41.7 Å². The van der Waals surface area contributed by atoms with Gasteiger partial charge in [0.05, 0.1) is 5.54 Å². The summed E-state index contributed by atoms with van der Waals surface area (Å²) in [5, 5.41) is 6.02. The van der Waals surface area contributed by atoms with Crippen LogP contribution in [0.3, 0.4) is 0 Å². The van der Waals surface area contributed by atoms with E-state index in [1.54, 1.807) is 10.4 Å². The van der Waals surface area contributed by atoms with Gasteiger partial charge in [0.25, 0.3) is 0 Å². The van der Waals surface area contributed by atoms with Gasteiger partial charge in [-0.25, -0.2) is 0 Å². The molecule has 1 nitrogen and oxygen atoms in total. The van der Waals surface area contributed by atoms with Crippen LogP contribution in [0.2, 0.25) is 0 Å². The molecule has 14 heavy (non-hydrogen) atoms. The Kier molecular flexibility index (Phi) is 1.80. The normalized spacial score (nSPS) is 40.7. The molecule has 0 aromatic carbocycles. The molecule has 0 radical (unpaired) electrons. The number of fused-ring (bicyclic) bond motifs is 2. The molecule has 1 aliphatic carbocycles. The van der Waals surface area contributed by atoms with E-state index in [1.165, 1.54) is 19.4 Å². The minimum atomic E-state index is 0.362. The lowest BCUT2D eigenvalue weighted by Gasteiger charge is -2.55. The number of hydrogen-bond donors (Lipinski definition) is 1. The third kappa shape index (κ3) is 0.934. The van der Waals surface area contributed by atoms with E-state index in [2.05, 4.69) is 30.6 Å². The zero-order chi connectivity index (χ0) is 9.76. The first-order valence-corrected chi connectivity index (χ1v) is 6.44. The molecule has 1 saturated carbocycles. The Morgan fingerprint density at radius 3 is 3.07 bits per heavy atom. The zero-order valence-corrected chi connectivity index (χ0v) is 9.66. The van der Waals surface area contributed by atoms with Crippen LogP contribution < -0.4 is 5.32 Å². The molecule has 1 spiro atoms. The monoisotopic (exact) mass is 207 g/mol. The summed E-state index contributed by atoms with van der Waals surface area (Å²) in [5.41, 5.74) is 1.97. The van der Waals surface area contributed by atoms with Crippen LogP contribution >= 0.6 is 11.3 Å². The van der Waals surface area contributed by atoms with Gasteiger partial charge in [0.1, 0.15) is 0 Å². The average Bonchev–Trinajstić information content (AvgIpc) is 2.66. The third-order valence-electron chi connectivity index (χ3n) is 4.26. The van der Waals surface area contributed by atoms with Crippen LogP contribution in [0.15, 0.2) is 11.4 Å². The SMILES string of the molecule is CC1CC2(NCCc3ccsc32)C1C. The average molecular weight is 207 g/mol. The van der Waals surface area contributed by atoms with Crippen molar-refractivity contribution in [2.45, 2.75) is 32.2 Å². The van der Waals surface area contributed by atoms with Crippen molar-refractivity contribution in [3.63, 3.8) is 0 Å². The molecule has 76 valence electrons. The highest BCUT2D eigenvalue weighted by Crippen LogP contribution is 2.53. The lowest BCUT2D eigenvalue weighted by molar-refractivity contribution is 0.0230. The van der Waals surface area contributed by atoms with Gasteiger partial charge in [-0.15, -0.1) is 11.3 Å². The fourth-order valence-electron chi connectivity index (χ4n) is 3.15. The summed E-state index contributed by atoms with van der Waals surface area (Å²) in [6.45, 7) is 5.94. The van der Waals surface area contributed by atoms with Gasteiger partial charge in [0.2, 0.25) is 0 Å². The van der Waals surface area contributed by atoms with Crippen LogP contribution in [0.4, 0.5) is 0 Å². The molecule has 0 bridgehead atoms. The van der Waals surface area contributed by atoms with Crippen molar-refractivity contribution in [2.24, 2.45) is 11.8 Å². The Labute approximate surface area is 89.5 Å². The molecular weight excluding hydrogens is 190 g/mol. The molecule has 2 heteroatoms. The summed E-state index contributed by atoms with van der Waals surface area (Å²) in [4.78, 5) is 1.63. The van der Waals surface area contributed by atoms with Crippen molar-refractivity contribution in [3.8, 4) is 0 Å². The summed E-state index contributed by atoms with van der Waals surface area (Å²) >= 11 is 1.95. The topological polar surface area (TPSA) is 12.0 Å². The van der Waals surface area contributed by atoms with Crippen molar-refractivity contribution in [3.05, 3.63) is 21.9 Å². The third-order valence-corrected chi connectivity index (χ3v) is 5.40. The molecular formula is C12H17NS. The molecule has 3 unspecified atom stereocenters. The lowest BCUT2D eigenvalue weighted by Crippen LogP contribution is -2.60. The summed E-state index contributed by atoms with van der Waals surface area (Å²) in [6.07, 6.45) is 2.56. The Morgan fingerprint density at radius 1 is 1.50 bits per heavy atom. The van der Waals surface area contributed by atoms with E-state index in [4.69, 9.17) is 0 Å². The van der Waals surface area contributed by atoms with Gasteiger partial charge in [0.15, 0.2) is 0 Å². The fraction of sp³-hybridized carbons (Fsp3) is 0.667. The quantitative estimate of drug-likeness (QED) is 0.690. The summed E-state index contributed by atoms with van der Waals surface area (Å²) in [7, 11) is 0. The predicted molar refractivity (Wildman–Crippen MR) is 60.6 cm³/mol. The van der Waals surface area contributed by atoms with Crippen LogP contribution in [0.25, 0.3) is 0 Å². The first-order chi connectivity index (χ1) is 6.74. The van der Waals surface area contributed by atoms with Crippen molar-refractivity contribution < 1.29 is 0 Å². The lowest BCUT2D eigenvalue weighted by atomic mass is 9.58. The molecule has 2 heterocycles. The van der Waals surface area contributed by atoms with E-state index in [9.17, 15) is 0 Å². The first kappa shape index (κ1) is 8.93. The molecule has 2 aliphatic rings. The molecule has 1 N–H and O–H groups in total. The van der Waals surface area contributed by atoms with Gasteiger partial charge in [-0.2, -0.15) is 0 Å². The van der Waals surface area contributed by atoms with Gasteiger partial charge >= 0.3 is 0 Å². The number of rotatable bonds is 0. The Morgan fingerprint density at radius 2 is 2.36 bits per heavy atom. The fourth-order valence-corrected chi connectivity index (χ4v) is 4.39. The van der Waals surface area contributed by atoms with Crippen LogP contribution in [0.1, 0.15) is 30.7 Å². The highest BCUT2D eigenvalue weighted by molar-refractivity contribution is 7.10. The van der Waals surface area contributed by atoms with E-state index in [0.29, 0.717) is 5.54 Å². The second kappa shape index (κ2) is 2.83. The van der Waals surface area contributed by atoms with Crippen molar-refractivity contribution in [2.75, 3.05) is 6.54 Å². The van der Waals surface area contributed by atoms with Crippen LogP contribution in [0, 0.1) is 11.8 Å². The largest absolute Gasteiger partial charge is 0.306 e. The maximum absolute atomic E-state index is 3.76. The molecule has 1 aromatic heterocycles. The second-order valence-corrected chi connectivity index (χ2v) is 5.81. The number of nitrogens with one attached hydrogen (secondary N) is 1. The molecule has 3 atom stereocenters. The molecule has 1 aromatic rings.